The van der Waals surface area contributed by atoms with Gasteiger partial charge in [-0.05, 0) is 12.8 Å². The summed E-state index contributed by atoms with van der Waals surface area (Å²) in [6, 6.07) is 0.0332. The molecule has 0 bridgehead atoms. The molecule has 3 N–H and O–H groups in total. The summed E-state index contributed by atoms with van der Waals surface area (Å²) in [6.07, 6.45) is 1.21. The molecule has 7 heteroatoms. The second-order valence-electron chi connectivity index (χ2n) is 4.48. The Balaban J connectivity index is 2.77. The Bertz CT molecular complexity index is 498. The second kappa shape index (κ2) is 5.86. The van der Waals surface area contributed by atoms with Crippen LogP contribution in [0.25, 0.3) is 0 Å². The Morgan fingerprint density at radius 3 is 2.72 bits per heavy atom. The summed E-state index contributed by atoms with van der Waals surface area (Å²) in [5.41, 5.74) is 4.79. The van der Waals surface area contributed by atoms with E-state index in [1.54, 1.807) is 0 Å². The number of hydrogen-bond acceptors (Lipinski definition) is 4. The lowest BCUT2D eigenvalue weighted by atomic mass is 10.1. The van der Waals surface area contributed by atoms with E-state index in [0.29, 0.717) is 5.92 Å². The zero-order valence-corrected chi connectivity index (χ0v) is 11.4. The number of nitrogen functional groups attached to an aromatic ring is 1. The number of amides is 1. The van der Waals surface area contributed by atoms with Crippen LogP contribution in [-0.4, -0.2) is 21.5 Å². The van der Waals surface area contributed by atoms with Crippen molar-refractivity contribution in [3.63, 3.8) is 0 Å². The number of nitrogens with two attached hydrogens (primary N) is 1. The van der Waals surface area contributed by atoms with E-state index in [0.717, 1.165) is 4.57 Å². The number of carbonyl (C=O) groups excluding carboxylic acids is 1. The largest absolute Gasteiger partial charge is 0.392 e. The van der Waals surface area contributed by atoms with Crippen LogP contribution in [0.4, 0.5) is 5.69 Å². The highest BCUT2D eigenvalue weighted by atomic mass is 35.5. The average Bonchev–Trinajstić information content (AvgIpc) is 2.29. The molecule has 1 aromatic rings. The van der Waals surface area contributed by atoms with Crippen LogP contribution in [0.1, 0.15) is 20.8 Å². The molecule has 1 amide bonds. The van der Waals surface area contributed by atoms with Gasteiger partial charge in [0, 0.05) is 6.04 Å². The van der Waals surface area contributed by atoms with Crippen molar-refractivity contribution in [1.29, 1.82) is 0 Å². The summed E-state index contributed by atoms with van der Waals surface area (Å²) in [5.74, 6) is 0.0564. The lowest BCUT2D eigenvalue weighted by Gasteiger charge is -2.17. The molecule has 1 rings (SSSR count). The lowest BCUT2D eigenvalue weighted by molar-refractivity contribution is -0.122. The monoisotopic (exact) mass is 272 g/mol. The molecule has 1 aromatic heterocycles. The normalized spacial score (nSPS) is 12.5. The summed E-state index contributed by atoms with van der Waals surface area (Å²) in [6.45, 7) is 5.78. The Morgan fingerprint density at radius 2 is 2.17 bits per heavy atom. The maximum absolute atomic E-state index is 11.7. The zero-order chi connectivity index (χ0) is 13.9. The average molecular weight is 273 g/mol. The number of aromatic nitrogens is 2. The number of nitrogens with one attached hydrogen (secondary N) is 1. The molecule has 0 saturated heterocycles. The molecule has 0 saturated carbocycles. The highest BCUT2D eigenvalue weighted by Gasteiger charge is 2.13. The molecule has 1 unspecified atom stereocenters. The molecule has 1 atom stereocenters. The molecule has 100 valence electrons. The summed E-state index contributed by atoms with van der Waals surface area (Å²) < 4.78 is 1.13. The van der Waals surface area contributed by atoms with Gasteiger partial charge in [-0.1, -0.05) is 25.4 Å². The van der Waals surface area contributed by atoms with Crippen molar-refractivity contribution in [2.75, 3.05) is 5.73 Å². The third-order valence-electron chi connectivity index (χ3n) is 2.73. The predicted octanol–water partition coefficient (Wildman–Crippen LogP) is 0.640. The summed E-state index contributed by atoms with van der Waals surface area (Å²) >= 11 is 5.60. The molecule has 0 fully saturated rings. The first-order valence-electron chi connectivity index (χ1n) is 5.62. The van der Waals surface area contributed by atoms with E-state index >= 15 is 0 Å². The van der Waals surface area contributed by atoms with Crippen LogP contribution in [0.3, 0.4) is 0 Å². The molecular weight excluding hydrogens is 256 g/mol. The Hall–Kier alpha value is -1.56. The van der Waals surface area contributed by atoms with Crippen LogP contribution in [0.2, 0.25) is 5.15 Å². The molecule has 0 aromatic carbocycles. The first kappa shape index (κ1) is 14.5. The van der Waals surface area contributed by atoms with Gasteiger partial charge in [-0.15, -0.1) is 0 Å². The van der Waals surface area contributed by atoms with Crippen LogP contribution >= 0.6 is 11.6 Å². The SMILES string of the molecule is CC(C)C(C)NC(=O)Cn1cnc(Cl)c(N)c1=O. The first-order chi connectivity index (χ1) is 8.32. The van der Waals surface area contributed by atoms with Crippen molar-refractivity contribution in [2.24, 2.45) is 5.92 Å². The molecule has 0 aliphatic rings. The van der Waals surface area contributed by atoms with Gasteiger partial charge in [0.2, 0.25) is 5.91 Å². The molecular formula is C11H17ClN4O2. The maximum atomic E-state index is 11.7. The molecule has 0 aliphatic carbocycles. The van der Waals surface area contributed by atoms with Crippen LogP contribution in [-0.2, 0) is 11.3 Å². The molecule has 0 radical (unpaired) electrons. The van der Waals surface area contributed by atoms with E-state index in [1.807, 2.05) is 20.8 Å². The Morgan fingerprint density at radius 1 is 1.56 bits per heavy atom. The summed E-state index contributed by atoms with van der Waals surface area (Å²) in [4.78, 5) is 27.1. The third kappa shape index (κ3) is 3.46. The highest BCUT2D eigenvalue weighted by molar-refractivity contribution is 6.31. The van der Waals surface area contributed by atoms with E-state index in [4.69, 9.17) is 17.3 Å². The van der Waals surface area contributed by atoms with Gasteiger partial charge >= 0.3 is 0 Å². The van der Waals surface area contributed by atoms with Gasteiger partial charge < -0.3 is 11.1 Å². The summed E-state index contributed by atoms with van der Waals surface area (Å²) in [7, 11) is 0. The number of carbonyl (C=O) groups is 1. The van der Waals surface area contributed by atoms with Crippen LogP contribution < -0.4 is 16.6 Å². The van der Waals surface area contributed by atoms with Gasteiger partial charge in [-0.2, -0.15) is 0 Å². The number of hydrogen-bond donors (Lipinski definition) is 2. The van der Waals surface area contributed by atoms with Crippen molar-refractivity contribution >= 4 is 23.2 Å². The van der Waals surface area contributed by atoms with Gasteiger partial charge in [0.15, 0.2) is 5.15 Å². The minimum absolute atomic E-state index is 0.0332. The fourth-order valence-corrected chi connectivity index (χ4v) is 1.34. The molecule has 0 spiro atoms. The molecule has 6 nitrogen and oxygen atoms in total. The molecule has 0 aliphatic heterocycles. The number of nitrogens with zero attached hydrogens (tertiary/aromatic N) is 2. The van der Waals surface area contributed by atoms with Crippen LogP contribution in [0.15, 0.2) is 11.1 Å². The van der Waals surface area contributed by atoms with E-state index in [9.17, 15) is 9.59 Å². The predicted molar refractivity (Wildman–Crippen MR) is 70.4 cm³/mol. The van der Waals surface area contributed by atoms with Gasteiger partial charge in [0.25, 0.3) is 5.56 Å². The number of anilines is 1. The van der Waals surface area contributed by atoms with E-state index in [1.165, 1.54) is 6.33 Å². The number of halogens is 1. The van der Waals surface area contributed by atoms with Crippen molar-refractivity contribution in [3.8, 4) is 0 Å². The number of rotatable bonds is 4. The quantitative estimate of drug-likeness (QED) is 0.787. The summed E-state index contributed by atoms with van der Waals surface area (Å²) in [5, 5.41) is 2.74. The Labute approximate surface area is 110 Å². The molecule has 1 heterocycles. The fourth-order valence-electron chi connectivity index (χ4n) is 1.22. The van der Waals surface area contributed by atoms with Crippen molar-refractivity contribution in [3.05, 3.63) is 21.8 Å². The lowest BCUT2D eigenvalue weighted by Crippen LogP contribution is -2.40. The van der Waals surface area contributed by atoms with E-state index in [-0.39, 0.29) is 29.3 Å². The van der Waals surface area contributed by atoms with Gasteiger partial charge in [-0.25, -0.2) is 4.98 Å². The van der Waals surface area contributed by atoms with Crippen molar-refractivity contribution in [2.45, 2.75) is 33.4 Å². The molecule has 18 heavy (non-hydrogen) atoms. The van der Waals surface area contributed by atoms with Crippen molar-refractivity contribution < 1.29 is 4.79 Å². The van der Waals surface area contributed by atoms with Gasteiger partial charge in [0.05, 0.1) is 6.33 Å². The maximum Gasteiger partial charge on any atom is 0.278 e. The fraction of sp³-hybridized carbons (Fsp3) is 0.545. The zero-order valence-electron chi connectivity index (χ0n) is 10.6. The van der Waals surface area contributed by atoms with Crippen LogP contribution in [0.5, 0.6) is 0 Å². The Kier molecular flexibility index (Phi) is 4.72. The standard InChI is InChI=1S/C11H17ClN4O2/c1-6(2)7(3)15-8(17)4-16-5-14-10(12)9(13)11(16)18/h5-7H,4,13H2,1-3H3,(H,15,17). The highest BCUT2D eigenvalue weighted by Crippen LogP contribution is 2.07. The second-order valence-corrected chi connectivity index (χ2v) is 4.84. The first-order valence-corrected chi connectivity index (χ1v) is 6.00. The van der Waals surface area contributed by atoms with Gasteiger partial charge in [0.1, 0.15) is 12.2 Å². The van der Waals surface area contributed by atoms with Crippen molar-refractivity contribution in [1.82, 2.24) is 14.9 Å². The smallest absolute Gasteiger partial charge is 0.278 e. The minimum Gasteiger partial charge on any atom is -0.392 e. The van der Waals surface area contributed by atoms with E-state index < -0.39 is 5.56 Å². The topological polar surface area (TPSA) is 90.0 Å². The van der Waals surface area contributed by atoms with Crippen LogP contribution in [0, 0.1) is 5.92 Å². The minimum atomic E-state index is -0.512. The third-order valence-corrected chi connectivity index (χ3v) is 3.03. The van der Waals surface area contributed by atoms with E-state index in [2.05, 4.69) is 10.3 Å². The van der Waals surface area contributed by atoms with Gasteiger partial charge in [-0.3, -0.25) is 14.2 Å².